The average Bonchev–Trinajstić information content (AvgIpc) is 2.56. The molecule has 9 heteroatoms. The molecule has 26 heavy (non-hydrogen) atoms. The van der Waals surface area contributed by atoms with Gasteiger partial charge in [-0.3, -0.25) is 4.79 Å². The molecule has 2 atom stereocenters. The number of nitrogens with one attached hydrogen (secondary N) is 2. The van der Waals surface area contributed by atoms with Crippen LogP contribution in [0.1, 0.15) is 41.7 Å². The van der Waals surface area contributed by atoms with Gasteiger partial charge in [0.15, 0.2) is 11.5 Å². The molecule has 0 saturated heterocycles. The molecule has 8 nitrogen and oxygen atoms in total. The van der Waals surface area contributed by atoms with Gasteiger partial charge in [0.1, 0.15) is 5.82 Å². The van der Waals surface area contributed by atoms with Crippen LogP contribution in [0.3, 0.4) is 0 Å². The Morgan fingerprint density at radius 2 is 2.00 bits per heavy atom. The number of nitrogens with two attached hydrogens (primary N) is 2. The summed E-state index contributed by atoms with van der Waals surface area (Å²) in [5.41, 5.74) is 12.5. The van der Waals surface area contributed by atoms with Gasteiger partial charge in [0, 0.05) is 17.8 Å². The van der Waals surface area contributed by atoms with Crippen LogP contribution in [-0.4, -0.2) is 33.2 Å². The van der Waals surface area contributed by atoms with Crippen LogP contribution < -0.4 is 22.1 Å². The van der Waals surface area contributed by atoms with Gasteiger partial charge in [-0.1, -0.05) is 12.8 Å². The van der Waals surface area contributed by atoms with Crippen molar-refractivity contribution in [3.8, 4) is 0 Å². The molecule has 0 aliphatic heterocycles. The van der Waals surface area contributed by atoms with E-state index in [0.29, 0.717) is 5.69 Å². The average molecular weight is 359 g/mol. The van der Waals surface area contributed by atoms with Crippen LogP contribution in [0.2, 0.25) is 0 Å². The summed E-state index contributed by atoms with van der Waals surface area (Å²) in [5.74, 6) is -0.819. The molecule has 1 aliphatic rings. The van der Waals surface area contributed by atoms with E-state index in [9.17, 15) is 9.18 Å². The molecule has 1 aromatic carbocycles. The number of hydrogen-bond acceptors (Lipinski definition) is 7. The fourth-order valence-electron chi connectivity index (χ4n) is 3.09. The van der Waals surface area contributed by atoms with E-state index in [4.69, 9.17) is 11.5 Å². The molecule has 6 N–H and O–H groups in total. The van der Waals surface area contributed by atoms with Gasteiger partial charge >= 0.3 is 0 Å². The number of hydrogen-bond donors (Lipinski definition) is 4. The normalized spacial score (nSPS) is 19.8. The Bertz CT molecular complexity index is 793. The Labute approximate surface area is 150 Å². The van der Waals surface area contributed by atoms with Crippen LogP contribution in [0.5, 0.6) is 0 Å². The Balaban J connectivity index is 1.87. The Kier molecular flexibility index (Phi) is 5.27. The minimum atomic E-state index is -0.776. The summed E-state index contributed by atoms with van der Waals surface area (Å²) in [5, 5.41) is 13.9. The smallest absolute Gasteiger partial charge is 0.273 e. The third-order valence-electron chi connectivity index (χ3n) is 4.36. The van der Waals surface area contributed by atoms with E-state index in [0.717, 1.165) is 31.2 Å². The van der Waals surface area contributed by atoms with Crippen molar-refractivity contribution in [2.75, 3.05) is 10.6 Å². The highest BCUT2D eigenvalue weighted by Crippen LogP contribution is 2.23. The number of amides is 1. The third-order valence-corrected chi connectivity index (χ3v) is 4.36. The fourth-order valence-corrected chi connectivity index (χ4v) is 3.09. The van der Waals surface area contributed by atoms with Gasteiger partial charge in [-0.25, -0.2) is 4.39 Å². The summed E-state index contributed by atoms with van der Waals surface area (Å²) < 4.78 is 13.6. The Morgan fingerprint density at radius 1 is 1.23 bits per heavy atom. The lowest BCUT2D eigenvalue weighted by Crippen LogP contribution is -2.43. The number of primary amides is 1. The number of carbonyl (C=O) groups excluding carboxylic acids is 1. The first-order valence-electron chi connectivity index (χ1n) is 8.53. The first-order chi connectivity index (χ1) is 12.4. The SMILES string of the molecule is Cc1cc(F)cc(Nc2nc(N[C@@H]3CCCC[C@@H]3N)nnc2C(N)=O)c1. The van der Waals surface area contributed by atoms with Crippen molar-refractivity contribution >= 4 is 23.4 Å². The van der Waals surface area contributed by atoms with E-state index in [1.54, 1.807) is 13.0 Å². The third kappa shape index (κ3) is 4.23. The minimum Gasteiger partial charge on any atom is -0.364 e. The second kappa shape index (κ2) is 7.61. The number of rotatable bonds is 5. The van der Waals surface area contributed by atoms with Gasteiger partial charge in [0.25, 0.3) is 5.91 Å². The first-order valence-corrected chi connectivity index (χ1v) is 8.53. The number of anilines is 3. The molecule has 0 bridgehead atoms. The molecule has 1 amide bonds. The van der Waals surface area contributed by atoms with Gasteiger partial charge in [0.2, 0.25) is 5.95 Å². The zero-order valence-electron chi connectivity index (χ0n) is 14.5. The lowest BCUT2D eigenvalue weighted by molar-refractivity contribution is 0.0995. The van der Waals surface area contributed by atoms with Crippen molar-refractivity contribution in [2.45, 2.75) is 44.7 Å². The lowest BCUT2D eigenvalue weighted by atomic mass is 9.91. The molecule has 1 fully saturated rings. The zero-order valence-corrected chi connectivity index (χ0v) is 14.5. The van der Waals surface area contributed by atoms with E-state index in [1.165, 1.54) is 12.1 Å². The number of nitrogens with zero attached hydrogens (tertiary/aromatic N) is 3. The minimum absolute atomic E-state index is 0.00504. The van der Waals surface area contributed by atoms with Crippen LogP contribution >= 0.6 is 0 Å². The van der Waals surface area contributed by atoms with Gasteiger partial charge in [-0.2, -0.15) is 4.98 Å². The summed E-state index contributed by atoms with van der Waals surface area (Å²) in [6, 6.07) is 4.46. The Hall–Kier alpha value is -2.81. The van der Waals surface area contributed by atoms with E-state index >= 15 is 0 Å². The van der Waals surface area contributed by atoms with E-state index < -0.39 is 11.7 Å². The van der Waals surface area contributed by atoms with Crippen LogP contribution in [0, 0.1) is 12.7 Å². The number of carbonyl (C=O) groups is 1. The van der Waals surface area contributed by atoms with Gasteiger partial charge in [-0.15, -0.1) is 10.2 Å². The zero-order chi connectivity index (χ0) is 18.7. The molecule has 1 aromatic heterocycles. The summed E-state index contributed by atoms with van der Waals surface area (Å²) in [7, 11) is 0. The van der Waals surface area contributed by atoms with Crippen molar-refractivity contribution < 1.29 is 9.18 Å². The highest BCUT2D eigenvalue weighted by molar-refractivity contribution is 5.96. The predicted molar refractivity (Wildman–Crippen MR) is 96.6 cm³/mol. The summed E-state index contributed by atoms with van der Waals surface area (Å²) in [6.45, 7) is 1.76. The summed E-state index contributed by atoms with van der Waals surface area (Å²) in [4.78, 5) is 15.9. The molecular formula is C17H22FN7O. The maximum Gasteiger partial charge on any atom is 0.273 e. The molecule has 0 spiro atoms. The molecule has 1 aliphatic carbocycles. The predicted octanol–water partition coefficient (Wildman–Crippen LogP) is 1.84. The summed E-state index contributed by atoms with van der Waals surface area (Å²) >= 11 is 0. The van der Waals surface area contributed by atoms with E-state index in [2.05, 4.69) is 25.8 Å². The van der Waals surface area contributed by atoms with Crippen molar-refractivity contribution in [1.82, 2.24) is 15.2 Å². The fraction of sp³-hybridized carbons (Fsp3) is 0.412. The maximum absolute atomic E-state index is 13.6. The number of aromatic nitrogens is 3. The number of aryl methyl sites for hydroxylation is 1. The highest BCUT2D eigenvalue weighted by atomic mass is 19.1. The molecule has 0 unspecified atom stereocenters. The van der Waals surface area contributed by atoms with Crippen molar-refractivity contribution in [2.24, 2.45) is 11.5 Å². The number of benzene rings is 1. The molecule has 1 saturated carbocycles. The van der Waals surface area contributed by atoms with Gasteiger partial charge < -0.3 is 22.1 Å². The standard InChI is InChI=1S/C17H22FN7O/c1-9-6-10(18)8-11(7-9)21-16-14(15(20)26)24-25-17(23-16)22-13-5-3-2-4-12(13)19/h6-8,12-13H,2-5,19H2,1H3,(H2,20,26)(H2,21,22,23,25)/t12-,13+/m0/s1. The van der Waals surface area contributed by atoms with Crippen molar-refractivity contribution in [3.05, 3.63) is 35.3 Å². The Morgan fingerprint density at radius 3 is 2.69 bits per heavy atom. The van der Waals surface area contributed by atoms with E-state index in [-0.39, 0.29) is 29.5 Å². The topological polar surface area (TPSA) is 132 Å². The van der Waals surface area contributed by atoms with Crippen LogP contribution in [0.15, 0.2) is 18.2 Å². The molecule has 2 aromatic rings. The summed E-state index contributed by atoms with van der Waals surface area (Å²) in [6.07, 6.45) is 4.02. The maximum atomic E-state index is 13.6. The van der Waals surface area contributed by atoms with Crippen LogP contribution in [-0.2, 0) is 0 Å². The largest absolute Gasteiger partial charge is 0.364 e. The quantitative estimate of drug-likeness (QED) is 0.640. The molecule has 0 radical (unpaired) electrons. The monoisotopic (exact) mass is 359 g/mol. The molecule has 1 heterocycles. The van der Waals surface area contributed by atoms with Crippen molar-refractivity contribution in [1.29, 1.82) is 0 Å². The first kappa shape index (κ1) is 18.0. The van der Waals surface area contributed by atoms with Gasteiger partial charge in [-0.05, 0) is 43.5 Å². The lowest BCUT2D eigenvalue weighted by Gasteiger charge is -2.29. The second-order valence-corrected chi connectivity index (χ2v) is 6.54. The van der Waals surface area contributed by atoms with Crippen LogP contribution in [0.25, 0.3) is 0 Å². The van der Waals surface area contributed by atoms with Gasteiger partial charge in [0.05, 0.1) is 0 Å². The number of halogens is 1. The van der Waals surface area contributed by atoms with Crippen molar-refractivity contribution in [3.63, 3.8) is 0 Å². The van der Waals surface area contributed by atoms with Crippen LogP contribution in [0.4, 0.5) is 21.8 Å². The molecular weight excluding hydrogens is 337 g/mol. The van der Waals surface area contributed by atoms with E-state index in [1.807, 2.05) is 0 Å². The molecule has 3 rings (SSSR count). The second-order valence-electron chi connectivity index (χ2n) is 6.54. The molecule has 138 valence electrons. The highest BCUT2D eigenvalue weighted by Gasteiger charge is 2.23.